The number of carbonyl (C=O) groups is 1. The molecule has 0 radical (unpaired) electrons. The van der Waals surface area contributed by atoms with E-state index in [2.05, 4.69) is 50.8 Å². The summed E-state index contributed by atoms with van der Waals surface area (Å²) in [5, 5.41) is 5.63. The van der Waals surface area contributed by atoms with Crippen LogP contribution in [0.2, 0.25) is 0 Å². The third-order valence-corrected chi connectivity index (χ3v) is 4.87. The zero-order chi connectivity index (χ0) is 16.8. The molecule has 3 rings (SSSR count). The van der Waals surface area contributed by atoms with Crippen LogP contribution in [0.15, 0.2) is 30.3 Å². The van der Waals surface area contributed by atoms with Gasteiger partial charge in [0, 0.05) is 51.5 Å². The van der Waals surface area contributed by atoms with Gasteiger partial charge in [-0.1, -0.05) is 18.2 Å². The van der Waals surface area contributed by atoms with Gasteiger partial charge in [-0.15, -0.1) is 0 Å². The lowest BCUT2D eigenvalue weighted by Gasteiger charge is -2.39. The quantitative estimate of drug-likeness (QED) is 0.872. The number of nitrogens with zero attached hydrogens (tertiary/aromatic N) is 2. The summed E-state index contributed by atoms with van der Waals surface area (Å²) in [6.45, 7) is 5.68. The average molecular weight is 332 g/mol. The van der Waals surface area contributed by atoms with Crippen LogP contribution in [0.4, 0.5) is 10.5 Å². The molecule has 2 aliphatic rings. The number of carbonyl (C=O) groups excluding carboxylic acids is 1. The maximum absolute atomic E-state index is 11.4. The van der Waals surface area contributed by atoms with Crippen molar-refractivity contribution in [2.75, 3.05) is 51.3 Å². The van der Waals surface area contributed by atoms with Crippen LogP contribution in [-0.4, -0.2) is 69.5 Å². The van der Waals surface area contributed by atoms with E-state index in [9.17, 15) is 4.79 Å². The molecule has 1 atom stereocenters. The fourth-order valence-electron chi connectivity index (χ4n) is 3.51. The molecule has 0 aliphatic carbocycles. The Kier molecular flexibility index (Phi) is 5.93. The molecule has 2 heterocycles. The second-order valence-electron chi connectivity index (χ2n) is 6.57. The van der Waals surface area contributed by atoms with Crippen LogP contribution in [0.25, 0.3) is 0 Å². The van der Waals surface area contributed by atoms with Gasteiger partial charge in [0.25, 0.3) is 0 Å². The van der Waals surface area contributed by atoms with Crippen LogP contribution >= 0.6 is 0 Å². The highest BCUT2D eigenvalue weighted by molar-refractivity contribution is 5.73. The van der Waals surface area contributed by atoms with Gasteiger partial charge in [-0.3, -0.25) is 0 Å². The molecule has 1 unspecified atom stereocenters. The first kappa shape index (κ1) is 17.0. The molecule has 0 aromatic heterocycles. The Morgan fingerprint density at radius 3 is 2.67 bits per heavy atom. The molecule has 0 saturated carbocycles. The van der Waals surface area contributed by atoms with Gasteiger partial charge in [-0.25, -0.2) is 4.79 Å². The topological polar surface area (TPSA) is 56.8 Å². The summed E-state index contributed by atoms with van der Waals surface area (Å²) in [7, 11) is 1.66. The molecule has 0 bridgehead atoms. The summed E-state index contributed by atoms with van der Waals surface area (Å²) in [5.74, 6) is 0. The third-order valence-electron chi connectivity index (χ3n) is 4.87. The summed E-state index contributed by atoms with van der Waals surface area (Å²) in [6.07, 6.45) is 2.26. The number of benzene rings is 1. The van der Waals surface area contributed by atoms with Crippen LogP contribution in [0, 0.1) is 0 Å². The summed E-state index contributed by atoms with van der Waals surface area (Å²) < 4.78 is 5.98. The largest absolute Gasteiger partial charge is 0.373 e. The van der Waals surface area contributed by atoms with E-state index >= 15 is 0 Å². The van der Waals surface area contributed by atoms with Gasteiger partial charge >= 0.3 is 6.03 Å². The van der Waals surface area contributed by atoms with Crippen molar-refractivity contribution >= 4 is 11.7 Å². The lowest BCUT2D eigenvalue weighted by Crippen LogP contribution is -2.51. The Hall–Kier alpha value is -1.79. The average Bonchev–Trinajstić information content (AvgIpc) is 2.64. The smallest absolute Gasteiger partial charge is 0.314 e. The summed E-state index contributed by atoms with van der Waals surface area (Å²) in [4.78, 5) is 16.3. The lowest BCUT2D eigenvalue weighted by molar-refractivity contribution is 0.0105. The van der Waals surface area contributed by atoms with E-state index < -0.39 is 0 Å². The van der Waals surface area contributed by atoms with Crippen LogP contribution in [0.3, 0.4) is 0 Å². The monoisotopic (exact) mass is 332 g/mol. The van der Waals surface area contributed by atoms with E-state index in [-0.39, 0.29) is 18.2 Å². The molecule has 2 aliphatic heterocycles. The second kappa shape index (κ2) is 8.35. The number of urea groups is 1. The van der Waals surface area contributed by atoms with Crippen LogP contribution in [-0.2, 0) is 4.74 Å². The molecule has 0 spiro atoms. The summed E-state index contributed by atoms with van der Waals surface area (Å²) in [6, 6.07) is 10.8. The highest BCUT2D eigenvalue weighted by Gasteiger charge is 2.26. The molecule has 2 fully saturated rings. The predicted molar refractivity (Wildman–Crippen MR) is 95.4 cm³/mol. The van der Waals surface area contributed by atoms with E-state index in [4.69, 9.17) is 4.74 Å². The van der Waals surface area contributed by atoms with Gasteiger partial charge in [-0.2, -0.15) is 0 Å². The fraction of sp³-hybridized carbons (Fsp3) is 0.611. The number of likely N-dealkylation sites (tertiary alicyclic amines) is 1. The van der Waals surface area contributed by atoms with Crippen molar-refractivity contribution in [2.45, 2.75) is 25.0 Å². The standard InChI is InChI=1S/C18H28N4O2/c1-19-18(23)20-15-7-9-21(10-8-15)13-17-14-22(11-12-24-17)16-5-3-2-4-6-16/h2-6,15,17H,7-14H2,1H3,(H2,19,20,23). The number of morpholine rings is 1. The van der Waals surface area contributed by atoms with Crippen molar-refractivity contribution in [3.63, 3.8) is 0 Å². The van der Waals surface area contributed by atoms with Crippen LogP contribution < -0.4 is 15.5 Å². The van der Waals surface area contributed by atoms with Crippen molar-refractivity contribution in [3.05, 3.63) is 30.3 Å². The highest BCUT2D eigenvalue weighted by atomic mass is 16.5. The lowest BCUT2D eigenvalue weighted by atomic mass is 10.0. The number of hydrogen-bond acceptors (Lipinski definition) is 4. The maximum Gasteiger partial charge on any atom is 0.314 e. The normalized spacial score (nSPS) is 23.0. The number of piperidine rings is 1. The Morgan fingerprint density at radius 2 is 1.96 bits per heavy atom. The molecule has 1 aromatic rings. The Labute approximate surface area is 144 Å². The zero-order valence-electron chi connectivity index (χ0n) is 14.4. The molecule has 132 valence electrons. The molecular weight excluding hydrogens is 304 g/mol. The first-order valence-corrected chi connectivity index (χ1v) is 8.87. The number of rotatable bonds is 4. The maximum atomic E-state index is 11.4. The molecule has 6 nitrogen and oxygen atoms in total. The Bertz CT molecular complexity index is 517. The summed E-state index contributed by atoms with van der Waals surface area (Å²) in [5.41, 5.74) is 1.28. The zero-order valence-corrected chi connectivity index (χ0v) is 14.4. The van der Waals surface area contributed by atoms with Gasteiger partial charge in [0.05, 0.1) is 12.7 Å². The first-order chi connectivity index (χ1) is 11.7. The van der Waals surface area contributed by atoms with E-state index in [0.29, 0.717) is 0 Å². The number of para-hydroxylation sites is 1. The minimum absolute atomic E-state index is 0.0810. The Balaban J connectivity index is 1.44. The molecule has 1 aromatic carbocycles. The molecular formula is C18H28N4O2. The van der Waals surface area contributed by atoms with Crippen molar-refractivity contribution in [2.24, 2.45) is 0 Å². The van der Waals surface area contributed by atoms with Gasteiger partial charge in [0.2, 0.25) is 0 Å². The molecule has 6 heteroatoms. The van der Waals surface area contributed by atoms with Gasteiger partial charge < -0.3 is 25.2 Å². The van der Waals surface area contributed by atoms with Gasteiger partial charge in [0.15, 0.2) is 0 Å². The molecule has 24 heavy (non-hydrogen) atoms. The minimum atomic E-state index is -0.0810. The SMILES string of the molecule is CNC(=O)NC1CCN(CC2CN(c3ccccc3)CCO2)CC1. The first-order valence-electron chi connectivity index (χ1n) is 8.87. The second-order valence-corrected chi connectivity index (χ2v) is 6.57. The molecule has 2 saturated heterocycles. The van der Waals surface area contributed by atoms with Crippen molar-refractivity contribution in [3.8, 4) is 0 Å². The van der Waals surface area contributed by atoms with Crippen molar-refractivity contribution in [1.29, 1.82) is 0 Å². The van der Waals surface area contributed by atoms with E-state index in [1.54, 1.807) is 7.05 Å². The number of anilines is 1. The number of ether oxygens (including phenoxy) is 1. The summed E-state index contributed by atoms with van der Waals surface area (Å²) >= 11 is 0. The number of nitrogens with one attached hydrogen (secondary N) is 2. The molecule has 2 amide bonds. The number of hydrogen-bond donors (Lipinski definition) is 2. The number of amides is 2. The highest BCUT2D eigenvalue weighted by Crippen LogP contribution is 2.18. The van der Waals surface area contributed by atoms with Gasteiger partial charge in [-0.05, 0) is 25.0 Å². The Morgan fingerprint density at radius 1 is 1.21 bits per heavy atom. The van der Waals surface area contributed by atoms with Crippen LogP contribution in [0.1, 0.15) is 12.8 Å². The van der Waals surface area contributed by atoms with Crippen molar-refractivity contribution < 1.29 is 9.53 Å². The fourth-order valence-corrected chi connectivity index (χ4v) is 3.51. The predicted octanol–water partition coefficient (Wildman–Crippen LogP) is 1.29. The van der Waals surface area contributed by atoms with E-state index in [0.717, 1.165) is 52.2 Å². The minimum Gasteiger partial charge on any atom is -0.373 e. The third kappa shape index (κ3) is 4.61. The van der Waals surface area contributed by atoms with E-state index in [1.165, 1.54) is 5.69 Å². The van der Waals surface area contributed by atoms with Crippen molar-refractivity contribution in [1.82, 2.24) is 15.5 Å². The van der Waals surface area contributed by atoms with E-state index in [1.807, 2.05) is 0 Å². The van der Waals surface area contributed by atoms with Gasteiger partial charge in [0.1, 0.15) is 0 Å². The van der Waals surface area contributed by atoms with Crippen LogP contribution in [0.5, 0.6) is 0 Å². The molecule has 2 N–H and O–H groups in total.